The van der Waals surface area contributed by atoms with Crippen molar-refractivity contribution in [2.45, 2.75) is 26.7 Å². The van der Waals surface area contributed by atoms with Crippen LogP contribution in [0, 0.1) is 0 Å². The van der Waals surface area contributed by atoms with Gasteiger partial charge in [-0.2, -0.15) is 5.10 Å². The van der Waals surface area contributed by atoms with Crippen LogP contribution in [0.25, 0.3) is 5.69 Å². The predicted octanol–water partition coefficient (Wildman–Crippen LogP) is 2.78. The minimum atomic E-state index is -0.0365. The Morgan fingerprint density at radius 2 is 2.06 bits per heavy atom. The van der Waals surface area contributed by atoms with Gasteiger partial charge in [-0.15, -0.1) is 0 Å². The SMILES string of the molecule is CC(=O)c1cc(-n2ccc(C(C)C)n2)ccc1N. The summed E-state index contributed by atoms with van der Waals surface area (Å²) in [7, 11) is 0. The van der Waals surface area contributed by atoms with Crippen LogP contribution in [0.5, 0.6) is 0 Å². The van der Waals surface area contributed by atoms with E-state index in [9.17, 15) is 4.79 Å². The van der Waals surface area contributed by atoms with Crippen LogP contribution in [0.4, 0.5) is 5.69 Å². The minimum Gasteiger partial charge on any atom is -0.398 e. The van der Waals surface area contributed by atoms with Crippen molar-refractivity contribution in [3.05, 3.63) is 41.7 Å². The number of hydrogen-bond acceptors (Lipinski definition) is 3. The number of ketones is 1. The van der Waals surface area contributed by atoms with E-state index in [-0.39, 0.29) is 5.78 Å². The molecule has 0 spiro atoms. The van der Waals surface area contributed by atoms with Crippen molar-refractivity contribution in [3.8, 4) is 5.69 Å². The largest absolute Gasteiger partial charge is 0.398 e. The highest BCUT2D eigenvalue weighted by molar-refractivity contribution is 5.99. The van der Waals surface area contributed by atoms with E-state index in [1.807, 2.05) is 18.3 Å². The van der Waals surface area contributed by atoms with Crippen LogP contribution in [0.2, 0.25) is 0 Å². The van der Waals surface area contributed by atoms with Crippen LogP contribution in [0.15, 0.2) is 30.5 Å². The maximum atomic E-state index is 11.5. The van der Waals surface area contributed by atoms with E-state index >= 15 is 0 Å². The molecule has 0 saturated heterocycles. The Labute approximate surface area is 106 Å². The summed E-state index contributed by atoms with van der Waals surface area (Å²) in [5, 5.41) is 4.47. The van der Waals surface area contributed by atoms with Gasteiger partial charge in [0.2, 0.25) is 0 Å². The van der Waals surface area contributed by atoms with E-state index in [1.165, 1.54) is 6.92 Å². The average Bonchev–Trinajstić information content (AvgIpc) is 2.78. The molecule has 0 radical (unpaired) electrons. The van der Waals surface area contributed by atoms with Crippen LogP contribution >= 0.6 is 0 Å². The molecule has 0 fully saturated rings. The molecule has 1 aromatic carbocycles. The zero-order valence-corrected chi connectivity index (χ0v) is 10.8. The van der Waals surface area contributed by atoms with Crippen molar-refractivity contribution in [1.82, 2.24) is 9.78 Å². The van der Waals surface area contributed by atoms with Crippen LogP contribution in [0.1, 0.15) is 42.7 Å². The number of nitrogens with two attached hydrogens (primary N) is 1. The van der Waals surface area contributed by atoms with Gasteiger partial charge in [0.1, 0.15) is 0 Å². The fourth-order valence-corrected chi connectivity index (χ4v) is 1.78. The molecule has 0 aliphatic heterocycles. The predicted molar refractivity (Wildman–Crippen MR) is 72.1 cm³/mol. The third-order valence-electron chi connectivity index (χ3n) is 2.88. The summed E-state index contributed by atoms with van der Waals surface area (Å²) in [6.07, 6.45) is 1.89. The summed E-state index contributed by atoms with van der Waals surface area (Å²) in [6.45, 7) is 5.70. The van der Waals surface area contributed by atoms with Crippen LogP contribution < -0.4 is 5.73 Å². The van der Waals surface area contributed by atoms with Gasteiger partial charge in [0.25, 0.3) is 0 Å². The molecule has 0 saturated carbocycles. The lowest BCUT2D eigenvalue weighted by Gasteiger charge is -2.06. The van der Waals surface area contributed by atoms with E-state index in [1.54, 1.807) is 16.8 Å². The minimum absolute atomic E-state index is 0.0365. The molecule has 2 rings (SSSR count). The molecule has 1 heterocycles. The van der Waals surface area contributed by atoms with Gasteiger partial charge in [-0.25, -0.2) is 4.68 Å². The molecule has 2 N–H and O–H groups in total. The average molecular weight is 243 g/mol. The zero-order valence-electron chi connectivity index (χ0n) is 10.8. The Kier molecular flexibility index (Phi) is 3.19. The number of carbonyl (C=O) groups is 1. The topological polar surface area (TPSA) is 60.9 Å². The second-order valence-electron chi connectivity index (χ2n) is 4.67. The number of nitrogen functional groups attached to an aromatic ring is 1. The molecule has 18 heavy (non-hydrogen) atoms. The van der Waals surface area contributed by atoms with Gasteiger partial charge < -0.3 is 5.73 Å². The normalized spacial score (nSPS) is 10.9. The van der Waals surface area contributed by atoms with E-state index < -0.39 is 0 Å². The number of rotatable bonds is 3. The highest BCUT2D eigenvalue weighted by atomic mass is 16.1. The monoisotopic (exact) mass is 243 g/mol. The Morgan fingerprint density at radius 3 is 2.61 bits per heavy atom. The van der Waals surface area contributed by atoms with Crippen LogP contribution in [-0.4, -0.2) is 15.6 Å². The summed E-state index contributed by atoms with van der Waals surface area (Å²) in [4.78, 5) is 11.5. The van der Waals surface area contributed by atoms with Gasteiger partial charge in [0.05, 0.1) is 11.4 Å². The van der Waals surface area contributed by atoms with Crippen molar-refractivity contribution >= 4 is 11.5 Å². The first-order chi connectivity index (χ1) is 8.49. The highest BCUT2D eigenvalue weighted by Crippen LogP contribution is 2.19. The summed E-state index contributed by atoms with van der Waals surface area (Å²) in [5.74, 6) is 0.345. The lowest BCUT2D eigenvalue weighted by atomic mass is 10.1. The Morgan fingerprint density at radius 1 is 1.33 bits per heavy atom. The first kappa shape index (κ1) is 12.4. The fourth-order valence-electron chi connectivity index (χ4n) is 1.78. The molecule has 2 aromatic rings. The quantitative estimate of drug-likeness (QED) is 0.666. The lowest BCUT2D eigenvalue weighted by molar-refractivity contribution is 0.101. The molecule has 94 valence electrons. The Bertz CT molecular complexity index is 584. The van der Waals surface area contributed by atoms with E-state index in [0.29, 0.717) is 17.2 Å². The number of aromatic nitrogens is 2. The second-order valence-corrected chi connectivity index (χ2v) is 4.67. The summed E-state index contributed by atoms with van der Waals surface area (Å²) >= 11 is 0. The molecule has 0 bridgehead atoms. The summed E-state index contributed by atoms with van der Waals surface area (Å²) in [6, 6.07) is 7.35. The number of Topliss-reactive ketones (excluding diaryl/α,β-unsaturated/α-hetero) is 1. The lowest BCUT2D eigenvalue weighted by Crippen LogP contribution is -2.03. The number of carbonyl (C=O) groups excluding carboxylic acids is 1. The molecule has 4 heteroatoms. The molecule has 1 aromatic heterocycles. The van der Waals surface area contributed by atoms with Crippen molar-refractivity contribution < 1.29 is 4.79 Å². The molecule has 0 amide bonds. The first-order valence-electron chi connectivity index (χ1n) is 5.95. The molecule has 0 aliphatic carbocycles. The maximum Gasteiger partial charge on any atom is 0.161 e. The van der Waals surface area contributed by atoms with Gasteiger partial charge in [-0.05, 0) is 37.1 Å². The molecule has 0 aliphatic rings. The van der Waals surface area contributed by atoms with Crippen LogP contribution in [-0.2, 0) is 0 Å². The molecule has 0 atom stereocenters. The number of nitrogens with zero attached hydrogens (tertiary/aromatic N) is 2. The maximum absolute atomic E-state index is 11.5. The Hall–Kier alpha value is -2.10. The molecule has 0 unspecified atom stereocenters. The zero-order chi connectivity index (χ0) is 13.3. The van der Waals surface area contributed by atoms with Gasteiger partial charge in [-0.1, -0.05) is 13.8 Å². The molecule has 4 nitrogen and oxygen atoms in total. The van der Waals surface area contributed by atoms with Gasteiger partial charge >= 0.3 is 0 Å². The molecular formula is C14H17N3O. The van der Waals surface area contributed by atoms with Crippen molar-refractivity contribution in [2.75, 3.05) is 5.73 Å². The van der Waals surface area contributed by atoms with Crippen molar-refractivity contribution in [1.29, 1.82) is 0 Å². The summed E-state index contributed by atoms with van der Waals surface area (Å²) < 4.78 is 1.77. The van der Waals surface area contributed by atoms with Gasteiger partial charge in [-0.3, -0.25) is 4.79 Å². The van der Waals surface area contributed by atoms with Gasteiger partial charge in [0, 0.05) is 17.4 Å². The number of anilines is 1. The molecular weight excluding hydrogens is 226 g/mol. The number of hydrogen-bond donors (Lipinski definition) is 1. The van der Waals surface area contributed by atoms with Gasteiger partial charge in [0.15, 0.2) is 5.78 Å². The third-order valence-corrected chi connectivity index (χ3v) is 2.88. The fraction of sp³-hybridized carbons (Fsp3) is 0.286. The van der Waals surface area contributed by atoms with Crippen LogP contribution in [0.3, 0.4) is 0 Å². The van der Waals surface area contributed by atoms with E-state index in [2.05, 4.69) is 18.9 Å². The summed E-state index contributed by atoms with van der Waals surface area (Å²) in [5.41, 5.74) is 8.68. The number of benzene rings is 1. The third kappa shape index (κ3) is 2.27. The van der Waals surface area contributed by atoms with Crippen molar-refractivity contribution in [3.63, 3.8) is 0 Å². The van der Waals surface area contributed by atoms with E-state index in [4.69, 9.17) is 5.73 Å². The van der Waals surface area contributed by atoms with E-state index in [0.717, 1.165) is 11.4 Å². The smallest absolute Gasteiger partial charge is 0.161 e. The first-order valence-corrected chi connectivity index (χ1v) is 5.95. The van der Waals surface area contributed by atoms with Crippen molar-refractivity contribution in [2.24, 2.45) is 0 Å². The standard InChI is InChI=1S/C14H17N3O/c1-9(2)14-6-7-17(16-14)11-4-5-13(15)12(8-11)10(3)18/h4-9H,15H2,1-3H3. The second kappa shape index (κ2) is 4.64. The highest BCUT2D eigenvalue weighted by Gasteiger charge is 2.09. The Balaban J connectivity index is 2.44.